The maximum atomic E-state index is 13.1. The van der Waals surface area contributed by atoms with Gasteiger partial charge < -0.3 is 5.11 Å². The SMILES string of the molecule is O=C(O)Cn1nnnc1SCc1ccc(F)c(Br)c1. The third kappa shape index (κ3) is 3.74. The quantitative estimate of drug-likeness (QED) is 0.833. The first-order valence-corrected chi connectivity index (χ1v) is 6.89. The monoisotopic (exact) mass is 346 g/mol. The predicted molar refractivity (Wildman–Crippen MR) is 69.1 cm³/mol. The molecule has 1 aromatic heterocycles. The number of hydrogen-bond acceptors (Lipinski definition) is 5. The summed E-state index contributed by atoms with van der Waals surface area (Å²) in [5, 5.41) is 19.8. The van der Waals surface area contributed by atoms with E-state index in [0.29, 0.717) is 15.4 Å². The lowest BCUT2D eigenvalue weighted by Gasteiger charge is -2.03. The highest BCUT2D eigenvalue weighted by Gasteiger charge is 2.10. The molecule has 0 amide bonds. The Morgan fingerprint density at radius 1 is 1.53 bits per heavy atom. The summed E-state index contributed by atoms with van der Waals surface area (Å²) in [5.74, 6) is -0.832. The van der Waals surface area contributed by atoms with E-state index in [9.17, 15) is 9.18 Å². The molecule has 2 rings (SSSR count). The molecule has 1 heterocycles. The molecular weight excluding hydrogens is 339 g/mol. The first kappa shape index (κ1) is 13.9. The molecule has 0 fully saturated rings. The number of aliphatic carboxylic acids is 1. The van der Waals surface area contributed by atoms with Crippen LogP contribution in [-0.4, -0.2) is 31.3 Å². The molecular formula is C10H8BrFN4O2S. The summed E-state index contributed by atoms with van der Waals surface area (Å²) in [6, 6.07) is 4.67. The van der Waals surface area contributed by atoms with Gasteiger partial charge in [0.25, 0.3) is 0 Å². The van der Waals surface area contributed by atoms with Gasteiger partial charge in [0.1, 0.15) is 12.4 Å². The van der Waals surface area contributed by atoms with E-state index in [1.54, 1.807) is 12.1 Å². The van der Waals surface area contributed by atoms with Crippen molar-refractivity contribution in [3.63, 3.8) is 0 Å². The number of nitrogens with zero attached hydrogens (tertiary/aromatic N) is 4. The highest BCUT2D eigenvalue weighted by Crippen LogP contribution is 2.23. The van der Waals surface area contributed by atoms with Crippen LogP contribution in [0.4, 0.5) is 4.39 Å². The minimum absolute atomic E-state index is 0.289. The number of hydrogen-bond donors (Lipinski definition) is 1. The summed E-state index contributed by atoms with van der Waals surface area (Å²) in [7, 11) is 0. The van der Waals surface area contributed by atoms with Gasteiger partial charge in [0.2, 0.25) is 5.16 Å². The van der Waals surface area contributed by atoms with Gasteiger partial charge in [0.15, 0.2) is 0 Å². The Morgan fingerprint density at radius 3 is 3.00 bits per heavy atom. The molecule has 0 saturated heterocycles. The number of tetrazole rings is 1. The molecule has 0 aliphatic rings. The summed E-state index contributed by atoms with van der Waals surface area (Å²) >= 11 is 4.39. The van der Waals surface area contributed by atoms with Crippen LogP contribution in [0.5, 0.6) is 0 Å². The van der Waals surface area contributed by atoms with Crippen molar-refractivity contribution in [2.45, 2.75) is 17.5 Å². The van der Waals surface area contributed by atoms with Gasteiger partial charge in [-0.2, -0.15) is 0 Å². The lowest BCUT2D eigenvalue weighted by molar-refractivity contribution is -0.138. The maximum Gasteiger partial charge on any atom is 0.325 e. The average Bonchev–Trinajstić information content (AvgIpc) is 2.77. The Hall–Kier alpha value is -1.48. The molecule has 6 nitrogen and oxygen atoms in total. The van der Waals surface area contributed by atoms with Crippen LogP contribution in [-0.2, 0) is 17.1 Å². The molecule has 0 bridgehead atoms. The van der Waals surface area contributed by atoms with E-state index < -0.39 is 5.97 Å². The minimum atomic E-state index is -1.02. The van der Waals surface area contributed by atoms with Gasteiger partial charge in [0, 0.05) is 5.75 Å². The van der Waals surface area contributed by atoms with Crippen molar-refractivity contribution in [1.82, 2.24) is 20.2 Å². The standard InChI is InChI=1S/C10H8BrFN4O2S/c11-7-3-6(1-2-8(7)12)5-19-10-13-14-15-16(10)4-9(17)18/h1-3H,4-5H2,(H,17,18). The molecule has 9 heteroatoms. The summed E-state index contributed by atoms with van der Waals surface area (Å²) in [6.45, 7) is -0.289. The highest BCUT2D eigenvalue weighted by molar-refractivity contribution is 9.10. The van der Waals surface area contributed by atoms with E-state index in [4.69, 9.17) is 5.11 Å². The molecule has 19 heavy (non-hydrogen) atoms. The summed E-state index contributed by atoms with van der Waals surface area (Å²) in [6.07, 6.45) is 0. The van der Waals surface area contributed by atoms with E-state index in [2.05, 4.69) is 31.5 Å². The average molecular weight is 347 g/mol. The van der Waals surface area contributed by atoms with E-state index in [-0.39, 0.29) is 12.4 Å². The van der Waals surface area contributed by atoms with E-state index in [1.807, 2.05) is 0 Å². The lowest BCUT2D eigenvalue weighted by atomic mass is 10.2. The van der Waals surface area contributed by atoms with Crippen LogP contribution < -0.4 is 0 Å². The van der Waals surface area contributed by atoms with Gasteiger partial charge in [-0.05, 0) is 44.1 Å². The van der Waals surface area contributed by atoms with Gasteiger partial charge in [-0.1, -0.05) is 17.8 Å². The Bertz CT molecular complexity index is 607. The van der Waals surface area contributed by atoms with Crippen molar-refractivity contribution in [3.8, 4) is 0 Å². The van der Waals surface area contributed by atoms with Crippen molar-refractivity contribution < 1.29 is 14.3 Å². The van der Waals surface area contributed by atoms with Gasteiger partial charge in [0.05, 0.1) is 4.47 Å². The Labute approximate surface area is 120 Å². The Balaban J connectivity index is 2.04. The molecule has 0 aliphatic heterocycles. The second kappa shape index (κ2) is 6.11. The van der Waals surface area contributed by atoms with Gasteiger partial charge in [-0.25, -0.2) is 9.07 Å². The fourth-order valence-corrected chi connectivity index (χ4v) is 2.55. The van der Waals surface area contributed by atoms with E-state index in [0.717, 1.165) is 5.56 Å². The summed E-state index contributed by atoms with van der Waals surface area (Å²) in [5.41, 5.74) is 0.878. The fourth-order valence-electron chi connectivity index (χ4n) is 1.30. The smallest absolute Gasteiger partial charge is 0.325 e. The number of carboxylic acids is 1. The van der Waals surface area contributed by atoms with Crippen molar-refractivity contribution in [1.29, 1.82) is 0 Å². The molecule has 0 aliphatic carbocycles. The largest absolute Gasteiger partial charge is 0.480 e. The van der Waals surface area contributed by atoms with Crippen LogP contribution in [0.2, 0.25) is 0 Å². The minimum Gasteiger partial charge on any atom is -0.480 e. The van der Waals surface area contributed by atoms with E-state index >= 15 is 0 Å². The molecule has 0 unspecified atom stereocenters. The fraction of sp³-hybridized carbons (Fsp3) is 0.200. The molecule has 1 N–H and O–H groups in total. The van der Waals surface area contributed by atoms with Crippen molar-refractivity contribution in [3.05, 3.63) is 34.1 Å². The van der Waals surface area contributed by atoms with Gasteiger partial charge in [-0.3, -0.25) is 4.79 Å². The second-order valence-corrected chi connectivity index (χ2v) is 5.35. The number of benzene rings is 1. The van der Waals surface area contributed by atoms with Crippen molar-refractivity contribution in [2.24, 2.45) is 0 Å². The van der Waals surface area contributed by atoms with Crippen molar-refractivity contribution in [2.75, 3.05) is 0 Å². The lowest BCUT2D eigenvalue weighted by Crippen LogP contribution is -2.11. The van der Waals surface area contributed by atoms with Crippen LogP contribution in [0, 0.1) is 5.82 Å². The van der Waals surface area contributed by atoms with Crippen LogP contribution >= 0.6 is 27.7 Å². The molecule has 0 radical (unpaired) electrons. The second-order valence-electron chi connectivity index (χ2n) is 3.55. The first-order valence-electron chi connectivity index (χ1n) is 5.11. The number of rotatable bonds is 5. The van der Waals surface area contributed by atoms with Crippen LogP contribution in [0.15, 0.2) is 27.8 Å². The third-order valence-electron chi connectivity index (χ3n) is 2.14. The molecule has 2 aromatic rings. The zero-order valence-corrected chi connectivity index (χ0v) is 11.9. The van der Waals surface area contributed by atoms with Crippen LogP contribution in [0.25, 0.3) is 0 Å². The number of halogens is 2. The number of carbonyl (C=O) groups is 1. The third-order valence-corrected chi connectivity index (χ3v) is 3.77. The Kier molecular flexibility index (Phi) is 4.48. The van der Waals surface area contributed by atoms with Gasteiger partial charge >= 0.3 is 5.97 Å². The zero-order valence-electron chi connectivity index (χ0n) is 9.45. The maximum absolute atomic E-state index is 13.1. The van der Waals surface area contributed by atoms with E-state index in [1.165, 1.54) is 22.5 Å². The van der Waals surface area contributed by atoms with Gasteiger partial charge in [-0.15, -0.1) is 5.10 Å². The number of aromatic nitrogens is 4. The topological polar surface area (TPSA) is 80.9 Å². The molecule has 1 aromatic carbocycles. The summed E-state index contributed by atoms with van der Waals surface area (Å²) in [4.78, 5) is 10.6. The highest BCUT2D eigenvalue weighted by atomic mass is 79.9. The molecule has 0 saturated carbocycles. The number of carboxylic acid groups (broad SMARTS) is 1. The molecule has 0 spiro atoms. The summed E-state index contributed by atoms with van der Waals surface area (Å²) < 4.78 is 14.6. The molecule has 100 valence electrons. The zero-order chi connectivity index (χ0) is 13.8. The molecule has 0 atom stereocenters. The van der Waals surface area contributed by atoms with Crippen LogP contribution in [0.3, 0.4) is 0 Å². The Morgan fingerprint density at radius 2 is 2.32 bits per heavy atom. The van der Waals surface area contributed by atoms with Crippen LogP contribution in [0.1, 0.15) is 5.56 Å². The number of thioether (sulfide) groups is 1. The normalized spacial score (nSPS) is 10.6. The first-order chi connectivity index (χ1) is 9.06. The van der Waals surface area contributed by atoms with Crippen molar-refractivity contribution >= 4 is 33.7 Å². The predicted octanol–water partition coefficient (Wildman–Crippen LogP) is 1.95.